The summed E-state index contributed by atoms with van der Waals surface area (Å²) in [5.41, 5.74) is 0. The molecule has 3 N–H and O–H groups in total. The summed E-state index contributed by atoms with van der Waals surface area (Å²) in [6.45, 7) is 4.42. The highest BCUT2D eigenvalue weighted by molar-refractivity contribution is 5.47. The van der Waals surface area contributed by atoms with Gasteiger partial charge in [-0.3, -0.25) is 0 Å². The molecule has 0 aromatic carbocycles. The third-order valence-corrected chi connectivity index (χ3v) is 2.23. The Morgan fingerprint density at radius 3 is 2.69 bits per heavy atom. The lowest BCUT2D eigenvalue weighted by Gasteiger charge is -2.12. The summed E-state index contributed by atoms with van der Waals surface area (Å²) in [5, 5.41) is 15.7. The van der Waals surface area contributed by atoms with Crippen LogP contribution in [0.1, 0.15) is 25.6 Å². The molecule has 1 rings (SSSR count). The van der Waals surface area contributed by atoms with Crippen molar-refractivity contribution in [2.45, 2.75) is 32.8 Å². The zero-order chi connectivity index (χ0) is 12.0. The normalized spacial score (nSPS) is 12.2. The third kappa shape index (κ3) is 4.02. The van der Waals surface area contributed by atoms with Crippen LogP contribution in [-0.2, 0) is 0 Å². The van der Waals surface area contributed by atoms with Crippen LogP contribution < -0.4 is 10.6 Å². The van der Waals surface area contributed by atoms with Gasteiger partial charge in [-0.2, -0.15) is 0 Å². The van der Waals surface area contributed by atoms with Gasteiger partial charge in [0.15, 0.2) is 0 Å². The number of rotatable bonds is 6. The van der Waals surface area contributed by atoms with Crippen LogP contribution in [0.15, 0.2) is 6.07 Å². The lowest BCUT2D eigenvalue weighted by Crippen LogP contribution is -2.19. The minimum absolute atomic E-state index is 0.321. The van der Waals surface area contributed by atoms with E-state index in [1.807, 2.05) is 20.0 Å². The van der Waals surface area contributed by atoms with Crippen LogP contribution in [0.5, 0.6) is 0 Å². The Hall–Kier alpha value is -1.36. The first-order valence-electron chi connectivity index (χ1n) is 5.61. The Kier molecular flexibility index (Phi) is 4.98. The number of aliphatic hydroxyl groups excluding tert-OH is 1. The molecule has 0 amide bonds. The van der Waals surface area contributed by atoms with Crippen LogP contribution in [0.2, 0.25) is 0 Å². The van der Waals surface area contributed by atoms with Gasteiger partial charge in [-0.15, -0.1) is 0 Å². The summed E-state index contributed by atoms with van der Waals surface area (Å²) in [6.07, 6.45) is 1.46. The molecule has 1 unspecified atom stereocenters. The molecule has 1 heterocycles. The van der Waals surface area contributed by atoms with Gasteiger partial charge in [0.1, 0.15) is 17.5 Å². The molecule has 90 valence electrons. The molecule has 0 spiro atoms. The van der Waals surface area contributed by atoms with Crippen LogP contribution in [0.25, 0.3) is 0 Å². The minimum atomic E-state index is -0.321. The van der Waals surface area contributed by atoms with Gasteiger partial charge in [0.2, 0.25) is 0 Å². The highest BCUT2D eigenvalue weighted by atomic mass is 16.3. The first-order chi connectivity index (χ1) is 7.65. The fourth-order valence-electron chi connectivity index (χ4n) is 1.44. The molecule has 0 bridgehead atoms. The van der Waals surface area contributed by atoms with Crippen LogP contribution in [0, 0.1) is 6.92 Å². The van der Waals surface area contributed by atoms with Crippen LogP contribution >= 0.6 is 0 Å². The summed E-state index contributed by atoms with van der Waals surface area (Å²) in [4.78, 5) is 8.43. The van der Waals surface area contributed by atoms with E-state index in [0.29, 0.717) is 12.4 Å². The van der Waals surface area contributed by atoms with Crippen LogP contribution in [0.4, 0.5) is 11.6 Å². The lowest BCUT2D eigenvalue weighted by atomic mass is 10.2. The van der Waals surface area contributed by atoms with Crippen molar-refractivity contribution in [2.75, 3.05) is 24.2 Å². The second-order valence-electron chi connectivity index (χ2n) is 3.76. The van der Waals surface area contributed by atoms with Gasteiger partial charge in [-0.1, -0.05) is 13.3 Å². The molecule has 0 aliphatic carbocycles. The smallest absolute Gasteiger partial charge is 0.131 e. The van der Waals surface area contributed by atoms with Gasteiger partial charge < -0.3 is 15.7 Å². The lowest BCUT2D eigenvalue weighted by molar-refractivity contribution is 0.176. The van der Waals surface area contributed by atoms with Gasteiger partial charge in [0.05, 0.1) is 6.10 Å². The largest absolute Gasteiger partial charge is 0.391 e. The van der Waals surface area contributed by atoms with Crippen molar-refractivity contribution in [1.29, 1.82) is 0 Å². The first-order valence-corrected chi connectivity index (χ1v) is 5.61. The van der Waals surface area contributed by atoms with E-state index in [9.17, 15) is 5.11 Å². The number of nitrogens with one attached hydrogen (secondary N) is 2. The van der Waals surface area contributed by atoms with E-state index >= 15 is 0 Å². The van der Waals surface area contributed by atoms with E-state index in [1.54, 1.807) is 0 Å². The molecule has 0 radical (unpaired) electrons. The predicted octanol–water partition coefficient (Wildman–Crippen LogP) is 1.40. The van der Waals surface area contributed by atoms with Crippen molar-refractivity contribution in [2.24, 2.45) is 0 Å². The van der Waals surface area contributed by atoms with Crippen molar-refractivity contribution in [3.63, 3.8) is 0 Å². The summed E-state index contributed by atoms with van der Waals surface area (Å²) in [6, 6.07) is 1.83. The first kappa shape index (κ1) is 12.7. The van der Waals surface area contributed by atoms with Crippen molar-refractivity contribution in [3.05, 3.63) is 11.9 Å². The molecule has 0 aliphatic heterocycles. The Bertz CT molecular complexity index is 330. The standard InChI is InChI=1S/C11H20N4O/c1-4-5-9(16)7-13-11-6-10(12-3)14-8(2)15-11/h6,9,16H,4-5,7H2,1-3H3,(H2,12,13,14,15). The number of aromatic nitrogens is 2. The number of hydrogen-bond donors (Lipinski definition) is 3. The van der Waals surface area contributed by atoms with E-state index in [4.69, 9.17) is 0 Å². The predicted molar refractivity (Wildman–Crippen MR) is 65.7 cm³/mol. The molecule has 1 aromatic heterocycles. The SMILES string of the molecule is CCCC(O)CNc1cc(NC)nc(C)n1. The molecule has 0 aliphatic rings. The van der Waals surface area contributed by atoms with E-state index < -0.39 is 0 Å². The Morgan fingerprint density at radius 2 is 2.06 bits per heavy atom. The van der Waals surface area contributed by atoms with Gasteiger partial charge >= 0.3 is 0 Å². The second-order valence-corrected chi connectivity index (χ2v) is 3.76. The summed E-state index contributed by atoms with van der Waals surface area (Å²) in [7, 11) is 1.82. The van der Waals surface area contributed by atoms with Crippen LogP contribution in [0.3, 0.4) is 0 Å². The minimum Gasteiger partial charge on any atom is -0.391 e. The number of nitrogens with zero attached hydrogens (tertiary/aromatic N) is 2. The van der Waals surface area contributed by atoms with Gasteiger partial charge in [-0.25, -0.2) is 9.97 Å². The van der Waals surface area contributed by atoms with Gasteiger partial charge in [0, 0.05) is 19.7 Å². The maximum absolute atomic E-state index is 9.58. The topological polar surface area (TPSA) is 70.1 Å². The molecular formula is C11H20N4O. The third-order valence-electron chi connectivity index (χ3n) is 2.23. The number of hydrogen-bond acceptors (Lipinski definition) is 5. The molecular weight excluding hydrogens is 204 g/mol. The molecule has 5 heteroatoms. The average Bonchev–Trinajstić information content (AvgIpc) is 2.26. The van der Waals surface area contributed by atoms with E-state index in [1.165, 1.54) is 0 Å². The van der Waals surface area contributed by atoms with Gasteiger partial charge in [-0.05, 0) is 13.3 Å². The summed E-state index contributed by atoms with van der Waals surface area (Å²) < 4.78 is 0. The van der Waals surface area contributed by atoms with Gasteiger partial charge in [0.25, 0.3) is 0 Å². The van der Waals surface area contributed by atoms with E-state index in [-0.39, 0.29) is 6.10 Å². The molecule has 16 heavy (non-hydrogen) atoms. The highest BCUT2D eigenvalue weighted by Gasteiger charge is 2.04. The maximum atomic E-state index is 9.58. The van der Waals surface area contributed by atoms with E-state index in [2.05, 4.69) is 27.5 Å². The second kappa shape index (κ2) is 6.27. The quantitative estimate of drug-likeness (QED) is 0.681. The molecule has 0 saturated heterocycles. The molecule has 0 fully saturated rings. The monoisotopic (exact) mass is 224 g/mol. The van der Waals surface area contributed by atoms with Crippen molar-refractivity contribution in [3.8, 4) is 0 Å². The van der Waals surface area contributed by atoms with Crippen molar-refractivity contribution >= 4 is 11.6 Å². The average molecular weight is 224 g/mol. The van der Waals surface area contributed by atoms with Crippen molar-refractivity contribution in [1.82, 2.24) is 9.97 Å². The summed E-state index contributed by atoms with van der Waals surface area (Å²) in [5.74, 6) is 2.23. The Labute approximate surface area is 96.3 Å². The van der Waals surface area contributed by atoms with Crippen LogP contribution in [-0.4, -0.2) is 34.8 Å². The van der Waals surface area contributed by atoms with Crippen molar-refractivity contribution < 1.29 is 5.11 Å². The van der Waals surface area contributed by atoms with E-state index in [0.717, 1.165) is 24.5 Å². The fourth-order valence-corrected chi connectivity index (χ4v) is 1.44. The number of anilines is 2. The fraction of sp³-hybridized carbons (Fsp3) is 0.636. The summed E-state index contributed by atoms with van der Waals surface area (Å²) >= 11 is 0. The molecule has 1 atom stereocenters. The Balaban J connectivity index is 2.56. The molecule has 5 nitrogen and oxygen atoms in total. The Morgan fingerprint density at radius 1 is 1.38 bits per heavy atom. The highest BCUT2D eigenvalue weighted by Crippen LogP contribution is 2.10. The molecule has 0 saturated carbocycles. The number of aliphatic hydroxyl groups is 1. The molecule has 1 aromatic rings. The zero-order valence-corrected chi connectivity index (χ0v) is 10.1. The zero-order valence-electron chi connectivity index (χ0n) is 10.1. The number of aryl methyl sites for hydroxylation is 1. The maximum Gasteiger partial charge on any atom is 0.131 e.